The van der Waals surface area contributed by atoms with Crippen molar-refractivity contribution in [2.24, 2.45) is 22.7 Å². The van der Waals surface area contributed by atoms with Gasteiger partial charge in [-0.05, 0) is 56.3 Å². The number of allylic oxidation sites excluding steroid dienone is 2. The maximum atomic E-state index is 12.7. The number of hydrogen-bond acceptors (Lipinski definition) is 5. The number of nitriles is 1. The topological polar surface area (TPSA) is 76.4 Å². The minimum atomic E-state index is -0.354. The number of rotatable bonds is 9. The van der Waals surface area contributed by atoms with E-state index in [1.54, 1.807) is 6.92 Å². The van der Waals surface area contributed by atoms with Crippen LogP contribution in [0, 0.1) is 34.0 Å². The van der Waals surface area contributed by atoms with E-state index in [0.29, 0.717) is 25.0 Å². The molecule has 0 saturated heterocycles. The first-order valence-electron chi connectivity index (χ1n) is 10.6. The lowest BCUT2D eigenvalue weighted by Crippen LogP contribution is -2.42. The Labute approximate surface area is 175 Å². The highest BCUT2D eigenvalue weighted by atomic mass is 16.5. The molecule has 3 unspecified atom stereocenters. The maximum Gasteiger partial charge on any atom is 0.333 e. The van der Waals surface area contributed by atoms with Crippen molar-refractivity contribution in [1.82, 2.24) is 0 Å². The van der Waals surface area contributed by atoms with Crippen molar-refractivity contribution in [2.75, 3.05) is 13.2 Å². The zero-order valence-electron chi connectivity index (χ0n) is 18.4. The third kappa shape index (κ3) is 6.19. The first-order valence-corrected chi connectivity index (χ1v) is 10.6. The van der Waals surface area contributed by atoms with Crippen molar-refractivity contribution in [3.63, 3.8) is 0 Å². The molecule has 0 spiro atoms. The Morgan fingerprint density at radius 1 is 1.38 bits per heavy atom. The van der Waals surface area contributed by atoms with E-state index in [0.717, 1.165) is 32.1 Å². The summed E-state index contributed by atoms with van der Waals surface area (Å²) in [6, 6.07) is 2.15. The second kappa shape index (κ2) is 9.61. The van der Waals surface area contributed by atoms with Crippen LogP contribution >= 0.6 is 0 Å². The molecule has 0 N–H and O–H groups in total. The van der Waals surface area contributed by atoms with Gasteiger partial charge in [-0.25, -0.2) is 4.79 Å². The largest absolute Gasteiger partial charge is 0.465 e. The summed E-state index contributed by atoms with van der Waals surface area (Å²) < 4.78 is 11.0. The van der Waals surface area contributed by atoms with Gasteiger partial charge in [0.25, 0.3) is 0 Å². The number of hydrogen-bond donors (Lipinski definition) is 0. The van der Waals surface area contributed by atoms with E-state index in [9.17, 15) is 9.59 Å². The Balaban J connectivity index is 2.06. The highest BCUT2D eigenvalue weighted by molar-refractivity contribution is 5.86. The molecular formula is C24H35NO4. The third-order valence-electron chi connectivity index (χ3n) is 6.42. The van der Waals surface area contributed by atoms with Gasteiger partial charge in [0, 0.05) is 23.8 Å². The summed E-state index contributed by atoms with van der Waals surface area (Å²) in [5.74, 6) is -0.0988. The van der Waals surface area contributed by atoms with Crippen LogP contribution in [0.1, 0.15) is 72.6 Å². The Hall–Kier alpha value is -2.09. The Morgan fingerprint density at radius 2 is 2.10 bits per heavy atom. The second-order valence-electron chi connectivity index (χ2n) is 9.71. The molecule has 3 atom stereocenters. The standard InChI is InChI=1S/C24H35NO4/c1-17(2)22(27)28-12-10-24-8-6-7-19(15-24)13-18(3)20(24)14-21(26)29-16-23(4,5)9-11-25/h13,18,20H,1,6-10,12,14-16H2,2-5H3. The molecule has 160 valence electrons. The highest BCUT2D eigenvalue weighted by Gasteiger charge is 2.46. The molecule has 0 aromatic heterocycles. The molecule has 5 heteroatoms. The van der Waals surface area contributed by atoms with Gasteiger partial charge in [0.05, 0.1) is 19.3 Å². The number of ether oxygens (including phenoxy) is 2. The number of fused-ring (bicyclic) bond motifs is 2. The van der Waals surface area contributed by atoms with Crippen LogP contribution in [-0.2, 0) is 19.1 Å². The predicted octanol–water partition coefficient (Wildman–Crippen LogP) is 5.12. The van der Waals surface area contributed by atoms with Gasteiger partial charge in [-0.1, -0.05) is 39.0 Å². The normalized spacial score (nSPS) is 26.1. The lowest BCUT2D eigenvalue weighted by molar-refractivity contribution is -0.151. The van der Waals surface area contributed by atoms with Crippen molar-refractivity contribution in [3.05, 3.63) is 23.8 Å². The molecule has 1 saturated carbocycles. The van der Waals surface area contributed by atoms with Crippen LogP contribution in [-0.4, -0.2) is 25.2 Å². The van der Waals surface area contributed by atoms with Crippen LogP contribution in [0.15, 0.2) is 23.8 Å². The lowest BCUT2D eigenvalue weighted by Gasteiger charge is -2.49. The summed E-state index contributed by atoms with van der Waals surface area (Å²) in [5, 5.41) is 8.91. The molecule has 2 aliphatic rings. The Bertz CT molecular complexity index is 715. The molecule has 0 radical (unpaired) electrons. The Kier molecular flexibility index (Phi) is 7.68. The minimum absolute atomic E-state index is 0.0295. The van der Waals surface area contributed by atoms with Gasteiger partial charge in [0.2, 0.25) is 0 Å². The van der Waals surface area contributed by atoms with Crippen LogP contribution in [0.25, 0.3) is 0 Å². The fraction of sp³-hybridized carbons (Fsp3) is 0.708. The molecule has 2 rings (SSSR count). The van der Waals surface area contributed by atoms with Gasteiger partial charge in [-0.2, -0.15) is 5.26 Å². The fourth-order valence-corrected chi connectivity index (χ4v) is 4.85. The monoisotopic (exact) mass is 401 g/mol. The molecule has 0 aromatic rings. The fourth-order valence-electron chi connectivity index (χ4n) is 4.85. The van der Waals surface area contributed by atoms with Crippen LogP contribution in [0.3, 0.4) is 0 Å². The van der Waals surface area contributed by atoms with E-state index in [2.05, 4.69) is 25.6 Å². The van der Waals surface area contributed by atoms with E-state index in [1.165, 1.54) is 5.57 Å². The quantitative estimate of drug-likeness (QED) is 0.304. The van der Waals surface area contributed by atoms with Crippen LogP contribution < -0.4 is 0 Å². The van der Waals surface area contributed by atoms with Crippen molar-refractivity contribution >= 4 is 11.9 Å². The van der Waals surface area contributed by atoms with Crippen molar-refractivity contribution in [3.8, 4) is 6.07 Å². The van der Waals surface area contributed by atoms with Crippen LogP contribution in [0.5, 0.6) is 0 Å². The zero-order valence-corrected chi connectivity index (χ0v) is 18.4. The molecule has 1 fully saturated rings. The molecule has 29 heavy (non-hydrogen) atoms. The van der Waals surface area contributed by atoms with Crippen LogP contribution in [0.4, 0.5) is 0 Å². The summed E-state index contributed by atoms with van der Waals surface area (Å²) >= 11 is 0. The molecule has 2 bridgehead atoms. The average molecular weight is 402 g/mol. The summed E-state index contributed by atoms with van der Waals surface area (Å²) in [7, 11) is 0. The first-order chi connectivity index (χ1) is 13.6. The molecule has 2 aliphatic carbocycles. The lowest BCUT2D eigenvalue weighted by atomic mass is 9.55. The molecule has 0 amide bonds. The van der Waals surface area contributed by atoms with Gasteiger partial charge in [0.1, 0.15) is 0 Å². The van der Waals surface area contributed by atoms with E-state index < -0.39 is 0 Å². The van der Waals surface area contributed by atoms with Crippen LogP contribution in [0.2, 0.25) is 0 Å². The first kappa shape index (κ1) is 23.2. The molecular weight excluding hydrogens is 366 g/mol. The van der Waals surface area contributed by atoms with Crippen molar-refractivity contribution in [1.29, 1.82) is 5.26 Å². The summed E-state index contributed by atoms with van der Waals surface area (Å²) in [6.07, 6.45) is 8.04. The van der Waals surface area contributed by atoms with E-state index in [4.69, 9.17) is 14.7 Å². The van der Waals surface area contributed by atoms with Gasteiger partial charge in [-0.15, -0.1) is 0 Å². The van der Waals surface area contributed by atoms with Gasteiger partial charge >= 0.3 is 11.9 Å². The summed E-state index contributed by atoms with van der Waals surface area (Å²) in [6.45, 7) is 11.9. The average Bonchev–Trinajstić information content (AvgIpc) is 2.63. The van der Waals surface area contributed by atoms with Gasteiger partial charge < -0.3 is 9.47 Å². The minimum Gasteiger partial charge on any atom is -0.465 e. The number of carbonyl (C=O) groups is 2. The second-order valence-corrected chi connectivity index (χ2v) is 9.71. The number of carbonyl (C=O) groups excluding carboxylic acids is 2. The van der Waals surface area contributed by atoms with Gasteiger partial charge in [0.15, 0.2) is 0 Å². The molecule has 5 nitrogen and oxygen atoms in total. The highest BCUT2D eigenvalue weighted by Crippen LogP contribution is 2.55. The van der Waals surface area contributed by atoms with Gasteiger partial charge in [-0.3, -0.25) is 4.79 Å². The zero-order chi connectivity index (χ0) is 21.7. The van der Waals surface area contributed by atoms with E-state index in [1.807, 2.05) is 13.8 Å². The predicted molar refractivity (Wildman–Crippen MR) is 112 cm³/mol. The molecule has 0 aromatic carbocycles. The number of esters is 2. The van der Waals surface area contributed by atoms with Crippen molar-refractivity contribution in [2.45, 2.75) is 72.6 Å². The van der Waals surface area contributed by atoms with E-state index >= 15 is 0 Å². The molecule has 0 heterocycles. The maximum absolute atomic E-state index is 12.7. The SMILES string of the molecule is C=C(C)C(=O)OCCC12CCCC(=CC(C)C1CC(=O)OCC(C)(C)CC#N)C2. The third-order valence-corrected chi connectivity index (χ3v) is 6.42. The smallest absolute Gasteiger partial charge is 0.333 e. The molecule has 0 aliphatic heterocycles. The summed E-state index contributed by atoms with van der Waals surface area (Å²) in [5.41, 5.74) is 1.51. The van der Waals surface area contributed by atoms with E-state index in [-0.39, 0.29) is 41.2 Å². The van der Waals surface area contributed by atoms with Crippen molar-refractivity contribution < 1.29 is 19.1 Å². The Morgan fingerprint density at radius 3 is 2.76 bits per heavy atom. The summed E-state index contributed by atoms with van der Waals surface area (Å²) in [4.78, 5) is 24.4. The number of nitrogens with zero attached hydrogens (tertiary/aromatic N) is 1.